The second-order valence-electron chi connectivity index (χ2n) is 8.35. The summed E-state index contributed by atoms with van der Waals surface area (Å²) in [4.78, 5) is 33.0. The van der Waals surface area contributed by atoms with E-state index in [1.807, 2.05) is 55.5 Å². The Labute approximate surface area is 197 Å². The lowest BCUT2D eigenvalue weighted by Gasteiger charge is -2.41. The fourth-order valence-corrected chi connectivity index (χ4v) is 4.59. The maximum atomic E-state index is 13.7. The zero-order valence-corrected chi connectivity index (χ0v) is 19.0. The fraction of sp³-hybridized carbons (Fsp3) is 0.231. The van der Waals surface area contributed by atoms with Crippen LogP contribution in [0.1, 0.15) is 30.0 Å². The lowest BCUT2D eigenvalue weighted by molar-refractivity contribution is -0.126. The molecule has 0 bridgehead atoms. The smallest absolute Gasteiger partial charge is 0.231 e. The lowest BCUT2D eigenvalue weighted by Crippen LogP contribution is -2.47. The summed E-state index contributed by atoms with van der Waals surface area (Å²) in [7, 11) is 1.60. The Balaban J connectivity index is 1.58. The number of methoxy groups -OCH3 is 1. The second kappa shape index (κ2) is 8.97. The number of aromatic nitrogens is 3. The highest BCUT2D eigenvalue weighted by Crippen LogP contribution is 2.43. The van der Waals surface area contributed by atoms with E-state index in [4.69, 9.17) is 4.74 Å². The fourth-order valence-electron chi connectivity index (χ4n) is 4.59. The number of ether oxygens (including phenoxy) is 1. The third-order valence-electron chi connectivity index (χ3n) is 6.25. The van der Waals surface area contributed by atoms with Crippen LogP contribution in [0.25, 0.3) is 5.65 Å². The molecule has 8 heteroatoms. The van der Waals surface area contributed by atoms with E-state index in [1.54, 1.807) is 41.1 Å². The number of aryl methyl sites for hydroxylation is 1. The van der Waals surface area contributed by atoms with Crippen LogP contribution in [0, 0.1) is 12.8 Å². The zero-order valence-electron chi connectivity index (χ0n) is 19.0. The molecule has 0 saturated carbocycles. The van der Waals surface area contributed by atoms with E-state index < -0.39 is 12.0 Å². The highest BCUT2D eigenvalue weighted by Gasteiger charge is 2.42. The molecular weight excluding hydrogens is 430 g/mol. The molecule has 5 rings (SSSR count). The van der Waals surface area contributed by atoms with Gasteiger partial charge in [0, 0.05) is 29.9 Å². The Hall–Kier alpha value is -4.20. The first-order valence-corrected chi connectivity index (χ1v) is 11.2. The van der Waals surface area contributed by atoms with E-state index >= 15 is 0 Å². The Kier molecular flexibility index (Phi) is 5.71. The van der Waals surface area contributed by atoms with Crippen LogP contribution in [0.3, 0.4) is 0 Å². The summed E-state index contributed by atoms with van der Waals surface area (Å²) >= 11 is 0. The molecule has 0 aliphatic carbocycles. The van der Waals surface area contributed by atoms with Crippen molar-refractivity contribution in [3.63, 3.8) is 0 Å². The summed E-state index contributed by atoms with van der Waals surface area (Å²) in [5.41, 5.74) is 3.27. The number of piperidine rings is 1. The topological polar surface area (TPSA) is 88.8 Å². The largest absolute Gasteiger partial charge is 0.496 e. The van der Waals surface area contributed by atoms with E-state index in [0.717, 1.165) is 16.8 Å². The normalized spacial score (nSPS) is 18.2. The van der Waals surface area contributed by atoms with Gasteiger partial charge in [-0.25, -0.2) is 4.98 Å². The van der Waals surface area contributed by atoms with Crippen molar-refractivity contribution < 1.29 is 14.3 Å². The number of para-hydroxylation sites is 1. The number of amides is 2. The van der Waals surface area contributed by atoms with Gasteiger partial charge in [0.05, 0.1) is 25.3 Å². The van der Waals surface area contributed by atoms with Crippen LogP contribution in [-0.4, -0.2) is 33.5 Å². The molecule has 0 spiro atoms. The van der Waals surface area contributed by atoms with E-state index in [0.29, 0.717) is 23.6 Å². The highest BCUT2D eigenvalue weighted by molar-refractivity contribution is 6.00. The van der Waals surface area contributed by atoms with Gasteiger partial charge in [0.15, 0.2) is 5.65 Å². The van der Waals surface area contributed by atoms with Crippen LogP contribution in [0.4, 0.5) is 11.5 Å². The van der Waals surface area contributed by atoms with E-state index in [2.05, 4.69) is 15.4 Å². The molecule has 2 unspecified atom stereocenters. The van der Waals surface area contributed by atoms with Crippen molar-refractivity contribution in [2.24, 2.45) is 5.92 Å². The van der Waals surface area contributed by atoms with Gasteiger partial charge in [0.25, 0.3) is 0 Å². The van der Waals surface area contributed by atoms with Crippen LogP contribution in [0.15, 0.2) is 73.1 Å². The molecule has 2 aromatic carbocycles. The van der Waals surface area contributed by atoms with Crippen LogP contribution in [-0.2, 0) is 9.59 Å². The number of benzene rings is 2. The average molecular weight is 456 g/mol. The van der Waals surface area contributed by atoms with Gasteiger partial charge in [-0.15, -0.1) is 0 Å². The molecule has 8 nitrogen and oxygen atoms in total. The first-order valence-electron chi connectivity index (χ1n) is 11.2. The molecular formula is C26H25N5O3. The Morgan fingerprint density at radius 3 is 2.65 bits per heavy atom. The summed E-state index contributed by atoms with van der Waals surface area (Å²) < 4.78 is 7.22. The second-order valence-corrected chi connectivity index (χ2v) is 8.35. The van der Waals surface area contributed by atoms with Gasteiger partial charge in [0.2, 0.25) is 11.8 Å². The van der Waals surface area contributed by atoms with Crippen molar-refractivity contribution in [1.29, 1.82) is 0 Å². The third-order valence-corrected chi connectivity index (χ3v) is 6.25. The van der Waals surface area contributed by atoms with Crippen molar-refractivity contribution in [2.45, 2.75) is 25.8 Å². The lowest BCUT2D eigenvalue weighted by atomic mass is 9.82. The Morgan fingerprint density at radius 1 is 1.06 bits per heavy atom. The van der Waals surface area contributed by atoms with Crippen molar-refractivity contribution in [2.75, 3.05) is 17.3 Å². The third kappa shape index (κ3) is 3.87. The monoisotopic (exact) mass is 455 g/mol. The van der Waals surface area contributed by atoms with Gasteiger partial charge in [-0.1, -0.05) is 35.9 Å². The number of carbonyl (C=O) groups is 2. The maximum absolute atomic E-state index is 13.7. The van der Waals surface area contributed by atoms with Crippen molar-refractivity contribution in [3.05, 3.63) is 84.2 Å². The molecule has 2 amide bonds. The quantitative estimate of drug-likeness (QED) is 0.488. The molecule has 1 fully saturated rings. The first kappa shape index (κ1) is 21.6. The molecule has 2 aromatic heterocycles. The minimum absolute atomic E-state index is 0.0258. The SMILES string of the molecule is COc1ccccc1C1C(C(=O)Nc2ccnc3ccnn23)CCC(=O)N1c1ccc(C)cc1. The maximum Gasteiger partial charge on any atom is 0.231 e. The number of nitrogens with one attached hydrogen (secondary N) is 1. The van der Waals surface area contributed by atoms with Gasteiger partial charge < -0.3 is 15.0 Å². The molecule has 1 aliphatic rings. The van der Waals surface area contributed by atoms with Crippen LogP contribution in [0.5, 0.6) is 5.75 Å². The molecule has 2 atom stereocenters. The number of nitrogens with zero attached hydrogens (tertiary/aromatic N) is 4. The first-order chi connectivity index (χ1) is 16.6. The Bertz CT molecular complexity index is 1350. The molecule has 1 saturated heterocycles. The van der Waals surface area contributed by atoms with Gasteiger partial charge in [-0.2, -0.15) is 9.61 Å². The van der Waals surface area contributed by atoms with Crippen molar-refractivity contribution in [3.8, 4) is 5.75 Å². The van der Waals surface area contributed by atoms with Crippen LogP contribution in [0.2, 0.25) is 0 Å². The van der Waals surface area contributed by atoms with Crippen LogP contribution >= 0.6 is 0 Å². The number of hydrogen-bond donors (Lipinski definition) is 1. The zero-order chi connectivity index (χ0) is 23.7. The molecule has 0 radical (unpaired) electrons. The summed E-state index contributed by atoms with van der Waals surface area (Å²) in [6.07, 6.45) is 3.95. The molecule has 34 heavy (non-hydrogen) atoms. The number of carbonyl (C=O) groups excluding carboxylic acids is 2. The average Bonchev–Trinajstić information content (AvgIpc) is 3.34. The molecule has 172 valence electrons. The van der Waals surface area contributed by atoms with Gasteiger partial charge >= 0.3 is 0 Å². The number of anilines is 2. The van der Waals surface area contributed by atoms with E-state index in [1.165, 1.54) is 0 Å². The summed E-state index contributed by atoms with van der Waals surface area (Å²) in [5.74, 6) is 0.438. The summed E-state index contributed by atoms with van der Waals surface area (Å²) in [6, 6.07) is 18.3. The molecule has 1 N–H and O–H groups in total. The highest BCUT2D eigenvalue weighted by atomic mass is 16.5. The number of fused-ring (bicyclic) bond motifs is 1. The van der Waals surface area contributed by atoms with Crippen molar-refractivity contribution in [1.82, 2.24) is 14.6 Å². The minimum atomic E-state index is -0.532. The molecule has 3 heterocycles. The standard InChI is InChI=1S/C26H25N5O3/c1-17-7-9-18(10-8-17)30-24(32)12-11-20(25(30)19-5-3-4-6-21(19)34-2)26(33)29-23-13-15-27-22-14-16-28-31(22)23/h3-10,13-16,20,25H,11-12H2,1-2H3,(H,29,33). The Morgan fingerprint density at radius 2 is 1.85 bits per heavy atom. The van der Waals surface area contributed by atoms with E-state index in [9.17, 15) is 9.59 Å². The number of hydrogen-bond acceptors (Lipinski definition) is 5. The summed E-state index contributed by atoms with van der Waals surface area (Å²) in [5, 5.41) is 7.28. The minimum Gasteiger partial charge on any atom is -0.496 e. The van der Waals surface area contributed by atoms with Gasteiger partial charge in [0.1, 0.15) is 11.6 Å². The van der Waals surface area contributed by atoms with Gasteiger partial charge in [-0.3, -0.25) is 9.59 Å². The van der Waals surface area contributed by atoms with Crippen LogP contribution < -0.4 is 15.0 Å². The molecule has 1 aliphatic heterocycles. The predicted octanol–water partition coefficient (Wildman–Crippen LogP) is 4.17. The van der Waals surface area contributed by atoms with Gasteiger partial charge in [-0.05, 0) is 37.6 Å². The molecule has 4 aromatic rings. The summed E-state index contributed by atoms with van der Waals surface area (Å²) in [6.45, 7) is 2.00. The van der Waals surface area contributed by atoms with E-state index in [-0.39, 0.29) is 18.2 Å². The number of rotatable bonds is 5. The van der Waals surface area contributed by atoms with Crippen molar-refractivity contribution >= 4 is 29.0 Å². The predicted molar refractivity (Wildman–Crippen MR) is 129 cm³/mol.